The van der Waals surface area contributed by atoms with Gasteiger partial charge in [-0.25, -0.2) is 9.79 Å². The summed E-state index contributed by atoms with van der Waals surface area (Å²) in [5, 5.41) is 12.0. The summed E-state index contributed by atoms with van der Waals surface area (Å²) < 4.78 is 11.0. The summed E-state index contributed by atoms with van der Waals surface area (Å²) in [7, 11) is 0. The van der Waals surface area contributed by atoms with Crippen LogP contribution < -0.4 is 4.90 Å². The Balaban J connectivity index is 1.41. The van der Waals surface area contributed by atoms with Crippen molar-refractivity contribution < 1.29 is 13.9 Å². The first-order valence-electron chi connectivity index (χ1n) is 10.5. The molecule has 1 aromatic carbocycles. The van der Waals surface area contributed by atoms with Crippen LogP contribution in [0.1, 0.15) is 52.9 Å². The lowest BCUT2D eigenvalue weighted by molar-refractivity contribution is 0.0526. The number of fused-ring (bicyclic) bond motifs is 2. The predicted octanol–water partition coefficient (Wildman–Crippen LogP) is 6.16. The molecule has 5 heterocycles. The maximum atomic E-state index is 12.1. The summed E-state index contributed by atoms with van der Waals surface area (Å²) in [4.78, 5) is 19.1. The number of halogens is 1. The van der Waals surface area contributed by atoms with E-state index in [1.807, 2.05) is 12.1 Å². The van der Waals surface area contributed by atoms with E-state index in [1.54, 1.807) is 42.7 Å². The average molecular weight is 466 g/mol. The third kappa shape index (κ3) is 3.60. The number of hydrogen-bond acceptors (Lipinski definition) is 7. The zero-order valence-corrected chi connectivity index (χ0v) is 19.0. The van der Waals surface area contributed by atoms with Gasteiger partial charge in [0.2, 0.25) is 0 Å². The Labute approximate surface area is 194 Å². The van der Waals surface area contributed by atoms with E-state index in [0.717, 1.165) is 30.9 Å². The number of carbonyl (C=O) groups excluding carboxylic acids is 1. The Bertz CT molecular complexity index is 1260. The molecule has 0 saturated carbocycles. The lowest BCUT2D eigenvalue weighted by Crippen LogP contribution is -2.37. The fourth-order valence-electron chi connectivity index (χ4n) is 4.35. The van der Waals surface area contributed by atoms with Crippen molar-refractivity contribution in [2.45, 2.75) is 25.7 Å². The minimum absolute atomic E-state index is 0.274. The van der Waals surface area contributed by atoms with Gasteiger partial charge in [-0.05, 0) is 56.0 Å². The van der Waals surface area contributed by atoms with Crippen LogP contribution in [0.3, 0.4) is 0 Å². The molecular formula is C24H20ClN3O3S. The number of aliphatic imine (C=N–C) groups is 1. The van der Waals surface area contributed by atoms with E-state index in [4.69, 9.17) is 20.8 Å². The van der Waals surface area contributed by atoms with Gasteiger partial charge in [-0.1, -0.05) is 22.9 Å². The lowest BCUT2D eigenvalue weighted by Gasteiger charge is -2.39. The first-order valence-corrected chi connectivity index (χ1v) is 11.7. The number of thiophene rings is 1. The molecule has 6 rings (SSSR count). The SMILES string of the molecule is CCOC(=O)c1cc(-c2ccc(C=Nc3sc4c(c3C#N)C3CCN4CC3)o2)ccc1Cl. The summed E-state index contributed by atoms with van der Waals surface area (Å²) in [6, 6.07) is 11.1. The van der Waals surface area contributed by atoms with Crippen LogP contribution in [0.2, 0.25) is 5.02 Å². The highest BCUT2D eigenvalue weighted by atomic mass is 35.5. The number of hydrogen-bond donors (Lipinski definition) is 0. The molecule has 0 amide bonds. The maximum absolute atomic E-state index is 12.1. The number of ether oxygens (including phenoxy) is 1. The molecule has 2 bridgehead atoms. The topological polar surface area (TPSA) is 78.8 Å². The van der Waals surface area contributed by atoms with Gasteiger partial charge in [0.15, 0.2) is 0 Å². The van der Waals surface area contributed by atoms with E-state index < -0.39 is 5.97 Å². The van der Waals surface area contributed by atoms with E-state index >= 15 is 0 Å². The van der Waals surface area contributed by atoms with Crippen molar-refractivity contribution in [3.8, 4) is 17.4 Å². The Hall–Kier alpha value is -3.08. The van der Waals surface area contributed by atoms with E-state index in [-0.39, 0.29) is 6.61 Å². The van der Waals surface area contributed by atoms with Gasteiger partial charge in [0, 0.05) is 24.2 Å². The van der Waals surface area contributed by atoms with E-state index in [1.165, 1.54) is 10.6 Å². The third-order valence-corrected chi connectivity index (χ3v) is 7.40. The molecule has 0 atom stereocenters. The summed E-state index contributed by atoms with van der Waals surface area (Å²) in [6.45, 7) is 4.14. The van der Waals surface area contributed by atoms with E-state index in [2.05, 4.69) is 16.0 Å². The van der Waals surface area contributed by atoms with Crippen LogP contribution in [0.5, 0.6) is 0 Å². The van der Waals surface area contributed by atoms with E-state index in [9.17, 15) is 10.1 Å². The van der Waals surface area contributed by atoms with Crippen LogP contribution >= 0.6 is 22.9 Å². The largest absolute Gasteiger partial charge is 0.462 e. The molecule has 8 heteroatoms. The Morgan fingerprint density at radius 1 is 1.38 bits per heavy atom. The molecule has 0 N–H and O–H groups in total. The summed E-state index contributed by atoms with van der Waals surface area (Å²) in [6.07, 6.45) is 3.86. The van der Waals surface area contributed by atoms with Crippen molar-refractivity contribution in [3.05, 3.63) is 57.8 Å². The zero-order valence-electron chi connectivity index (χ0n) is 17.4. The smallest absolute Gasteiger partial charge is 0.339 e. The summed E-state index contributed by atoms with van der Waals surface area (Å²) in [5.74, 6) is 1.15. The highest BCUT2D eigenvalue weighted by Crippen LogP contribution is 2.52. The van der Waals surface area contributed by atoms with Gasteiger partial charge in [-0.2, -0.15) is 5.26 Å². The van der Waals surface area contributed by atoms with E-state index in [0.29, 0.717) is 39.2 Å². The molecule has 1 saturated heterocycles. The van der Waals surface area contributed by atoms with Gasteiger partial charge in [0.25, 0.3) is 0 Å². The number of esters is 1. The number of furan rings is 1. The maximum Gasteiger partial charge on any atom is 0.339 e. The Morgan fingerprint density at radius 3 is 2.94 bits per heavy atom. The molecule has 3 aromatic rings. The van der Waals surface area contributed by atoms with Gasteiger partial charge in [-0.3, -0.25) is 0 Å². The first kappa shape index (κ1) is 20.8. The van der Waals surface area contributed by atoms with Crippen LogP contribution in [-0.4, -0.2) is 31.9 Å². The highest BCUT2D eigenvalue weighted by Gasteiger charge is 2.36. The molecule has 6 nitrogen and oxygen atoms in total. The Kier molecular flexibility index (Phi) is 5.50. The van der Waals surface area contributed by atoms with Crippen molar-refractivity contribution in [2.24, 2.45) is 4.99 Å². The van der Waals surface area contributed by atoms with Crippen LogP contribution in [0.25, 0.3) is 11.3 Å². The number of anilines is 1. The van der Waals surface area contributed by atoms with Gasteiger partial charge < -0.3 is 14.1 Å². The standard InChI is InChI=1S/C24H20ClN3O3S/c1-2-30-24(29)17-11-15(3-5-19(17)25)20-6-4-16(31-20)13-27-22-18(12-26)21-14-7-9-28(10-8-14)23(21)32-22/h3-6,11,13-14H,2,7-10H2,1H3. The fraction of sp³-hybridized carbons (Fsp3) is 0.292. The van der Waals surface area contributed by atoms with Crippen LogP contribution in [0.4, 0.5) is 10.0 Å². The van der Waals surface area contributed by atoms with Gasteiger partial charge in [0.1, 0.15) is 22.6 Å². The third-order valence-electron chi connectivity index (χ3n) is 5.89. The minimum atomic E-state index is -0.469. The highest BCUT2D eigenvalue weighted by molar-refractivity contribution is 7.20. The molecule has 3 aliphatic rings. The molecule has 2 aromatic heterocycles. The number of carbonyl (C=O) groups is 1. The van der Waals surface area contributed by atoms with Gasteiger partial charge in [0.05, 0.1) is 34.0 Å². The van der Waals surface area contributed by atoms with Crippen molar-refractivity contribution in [1.29, 1.82) is 5.26 Å². The molecule has 3 aliphatic heterocycles. The van der Waals surface area contributed by atoms with Gasteiger partial charge >= 0.3 is 5.97 Å². The van der Waals surface area contributed by atoms with Crippen molar-refractivity contribution in [2.75, 3.05) is 24.6 Å². The zero-order chi connectivity index (χ0) is 22.2. The molecule has 0 spiro atoms. The van der Waals surface area contributed by atoms with Crippen LogP contribution in [-0.2, 0) is 4.74 Å². The molecule has 0 aliphatic carbocycles. The van der Waals surface area contributed by atoms with Crippen molar-refractivity contribution in [1.82, 2.24) is 0 Å². The molecule has 32 heavy (non-hydrogen) atoms. The van der Waals surface area contributed by atoms with Gasteiger partial charge in [-0.15, -0.1) is 0 Å². The normalized spacial score (nSPS) is 15.2. The summed E-state index contributed by atoms with van der Waals surface area (Å²) in [5.41, 5.74) is 2.88. The number of nitriles is 1. The first-order chi connectivity index (χ1) is 15.6. The lowest BCUT2D eigenvalue weighted by atomic mass is 9.84. The number of piperidine rings is 1. The second kappa shape index (κ2) is 8.45. The monoisotopic (exact) mass is 465 g/mol. The molecule has 0 radical (unpaired) electrons. The minimum Gasteiger partial charge on any atom is -0.462 e. The van der Waals surface area contributed by atoms with Crippen molar-refractivity contribution in [3.63, 3.8) is 0 Å². The number of benzene rings is 1. The second-order valence-electron chi connectivity index (χ2n) is 7.75. The fourth-order valence-corrected chi connectivity index (χ4v) is 5.78. The van der Waals surface area contributed by atoms with Crippen LogP contribution in [0.15, 0.2) is 39.7 Å². The summed E-state index contributed by atoms with van der Waals surface area (Å²) >= 11 is 7.73. The Morgan fingerprint density at radius 2 is 2.19 bits per heavy atom. The van der Waals surface area contributed by atoms with Crippen molar-refractivity contribution >= 4 is 45.1 Å². The molecule has 0 unspecified atom stereocenters. The second-order valence-corrected chi connectivity index (χ2v) is 9.13. The molecule has 1 fully saturated rings. The number of rotatable bonds is 5. The molecular weight excluding hydrogens is 446 g/mol. The number of nitrogens with zero attached hydrogens (tertiary/aromatic N) is 3. The quantitative estimate of drug-likeness (QED) is 0.333. The van der Waals surface area contributed by atoms with Crippen LogP contribution in [0, 0.1) is 11.3 Å². The average Bonchev–Trinajstić information content (AvgIpc) is 3.44. The predicted molar refractivity (Wildman–Crippen MR) is 126 cm³/mol. The molecule has 162 valence electrons.